The van der Waals surface area contributed by atoms with Crippen molar-refractivity contribution in [3.63, 3.8) is 0 Å². The van der Waals surface area contributed by atoms with Gasteiger partial charge in [-0.3, -0.25) is 4.79 Å². The van der Waals surface area contributed by atoms with Crippen molar-refractivity contribution in [2.24, 2.45) is 0 Å². The summed E-state index contributed by atoms with van der Waals surface area (Å²) in [7, 11) is 3.15. The molecule has 0 unspecified atom stereocenters. The van der Waals surface area contributed by atoms with Crippen molar-refractivity contribution in [3.8, 4) is 11.5 Å². The molecule has 0 saturated heterocycles. The zero-order valence-electron chi connectivity index (χ0n) is 13.5. The van der Waals surface area contributed by atoms with Gasteiger partial charge in [0.1, 0.15) is 17.3 Å². The van der Waals surface area contributed by atoms with Gasteiger partial charge in [0.05, 0.1) is 20.8 Å². The molecule has 128 valence electrons. The van der Waals surface area contributed by atoms with Gasteiger partial charge in [0.25, 0.3) is 0 Å². The van der Waals surface area contributed by atoms with E-state index in [1.54, 1.807) is 26.4 Å². The van der Waals surface area contributed by atoms with Crippen molar-refractivity contribution in [2.45, 2.75) is 19.4 Å². The first-order valence-electron chi connectivity index (χ1n) is 7.33. The van der Waals surface area contributed by atoms with Crippen molar-refractivity contribution >= 4 is 11.9 Å². The molecule has 24 heavy (non-hydrogen) atoms. The van der Waals surface area contributed by atoms with Crippen LogP contribution in [0, 0.1) is 0 Å². The highest BCUT2D eigenvalue weighted by atomic mass is 16.5. The van der Waals surface area contributed by atoms with Crippen LogP contribution in [-0.4, -0.2) is 31.2 Å². The fourth-order valence-electron chi connectivity index (χ4n) is 2.19. The summed E-state index contributed by atoms with van der Waals surface area (Å²) in [6.45, 7) is 0.140. The Morgan fingerprint density at radius 3 is 2.58 bits per heavy atom. The fraction of sp³-hybridized carbons (Fsp3) is 0.294. The number of ether oxygens (including phenoxy) is 2. The minimum Gasteiger partial charge on any atom is -0.497 e. The highest BCUT2D eigenvalue weighted by Gasteiger charge is 2.11. The van der Waals surface area contributed by atoms with Crippen LogP contribution in [0.1, 0.15) is 28.3 Å². The predicted octanol–water partition coefficient (Wildman–Crippen LogP) is 2.24. The second-order valence-electron chi connectivity index (χ2n) is 5.03. The normalized spacial score (nSPS) is 10.2. The Labute approximate surface area is 139 Å². The molecule has 0 aliphatic carbocycles. The molecule has 2 rings (SSSR count). The number of hydrogen-bond acceptors (Lipinski definition) is 5. The standard InChI is InChI=1S/C17H19NO6/c1-22-12-4-6-14(23-2)11(9-12)3-8-16(19)18-10-13-5-7-15(24-13)17(20)21/h4-7,9H,3,8,10H2,1-2H3,(H,18,19)(H,20,21). The smallest absolute Gasteiger partial charge is 0.371 e. The number of carboxylic acids is 1. The van der Waals surface area contributed by atoms with Crippen LogP contribution >= 0.6 is 0 Å². The summed E-state index contributed by atoms with van der Waals surface area (Å²) in [6.07, 6.45) is 0.751. The molecule has 1 aromatic heterocycles. The molecule has 7 heteroatoms. The summed E-state index contributed by atoms with van der Waals surface area (Å²) in [4.78, 5) is 22.7. The van der Waals surface area contributed by atoms with Crippen LogP contribution in [0.4, 0.5) is 0 Å². The van der Waals surface area contributed by atoms with Crippen molar-refractivity contribution in [1.82, 2.24) is 5.32 Å². The second kappa shape index (κ2) is 8.05. The van der Waals surface area contributed by atoms with Gasteiger partial charge in [0.2, 0.25) is 11.7 Å². The molecule has 0 atom stereocenters. The Balaban J connectivity index is 1.87. The lowest BCUT2D eigenvalue weighted by atomic mass is 10.1. The number of aromatic carboxylic acids is 1. The van der Waals surface area contributed by atoms with E-state index in [9.17, 15) is 9.59 Å². The van der Waals surface area contributed by atoms with Crippen LogP contribution in [0.3, 0.4) is 0 Å². The van der Waals surface area contributed by atoms with E-state index in [0.29, 0.717) is 23.7 Å². The van der Waals surface area contributed by atoms with Gasteiger partial charge in [-0.05, 0) is 42.3 Å². The van der Waals surface area contributed by atoms with Gasteiger partial charge < -0.3 is 24.3 Å². The molecule has 1 amide bonds. The molecule has 1 heterocycles. The van der Waals surface area contributed by atoms with Crippen molar-refractivity contribution in [2.75, 3.05) is 14.2 Å². The number of carbonyl (C=O) groups is 2. The average Bonchev–Trinajstić information content (AvgIpc) is 3.07. The van der Waals surface area contributed by atoms with Gasteiger partial charge in [-0.15, -0.1) is 0 Å². The topological polar surface area (TPSA) is 98.0 Å². The van der Waals surface area contributed by atoms with Crippen molar-refractivity contribution in [3.05, 3.63) is 47.4 Å². The number of carboxylic acid groups (broad SMARTS) is 1. The molecule has 0 bridgehead atoms. The van der Waals surface area contributed by atoms with Gasteiger partial charge in [0, 0.05) is 6.42 Å². The minimum absolute atomic E-state index is 0.140. The van der Waals surface area contributed by atoms with Crippen LogP contribution in [0.5, 0.6) is 11.5 Å². The molecule has 0 fully saturated rings. The summed E-state index contributed by atoms with van der Waals surface area (Å²) in [5.74, 6) is 0.314. The third kappa shape index (κ3) is 4.52. The lowest BCUT2D eigenvalue weighted by Gasteiger charge is -2.10. The molecule has 2 aromatic rings. The highest BCUT2D eigenvalue weighted by molar-refractivity contribution is 5.84. The van der Waals surface area contributed by atoms with Gasteiger partial charge in [-0.1, -0.05) is 0 Å². The van der Waals surface area contributed by atoms with Crippen LogP contribution in [-0.2, 0) is 17.8 Å². The number of nitrogens with one attached hydrogen (secondary N) is 1. The summed E-state index contributed by atoms with van der Waals surface area (Å²) in [5, 5.41) is 11.5. The minimum atomic E-state index is -1.14. The molecule has 0 saturated carbocycles. The number of carbonyl (C=O) groups excluding carboxylic acids is 1. The number of amides is 1. The Bertz CT molecular complexity index is 722. The molecule has 2 N–H and O–H groups in total. The Morgan fingerprint density at radius 2 is 1.96 bits per heavy atom. The molecule has 7 nitrogen and oxygen atoms in total. The van der Waals surface area contributed by atoms with Gasteiger partial charge in [-0.2, -0.15) is 0 Å². The van der Waals surface area contributed by atoms with E-state index >= 15 is 0 Å². The summed E-state index contributed by atoms with van der Waals surface area (Å²) < 4.78 is 15.5. The van der Waals surface area contributed by atoms with Crippen LogP contribution in [0.15, 0.2) is 34.7 Å². The zero-order chi connectivity index (χ0) is 17.5. The SMILES string of the molecule is COc1ccc(OC)c(CCC(=O)NCc2ccc(C(=O)O)o2)c1. The quantitative estimate of drug-likeness (QED) is 0.769. The van der Waals surface area contributed by atoms with E-state index in [4.69, 9.17) is 19.0 Å². The maximum Gasteiger partial charge on any atom is 0.371 e. The fourth-order valence-corrected chi connectivity index (χ4v) is 2.19. The zero-order valence-corrected chi connectivity index (χ0v) is 13.5. The first-order chi connectivity index (χ1) is 11.5. The first-order valence-corrected chi connectivity index (χ1v) is 7.33. The van der Waals surface area contributed by atoms with Gasteiger partial charge >= 0.3 is 5.97 Å². The lowest BCUT2D eigenvalue weighted by Crippen LogP contribution is -2.22. The van der Waals surface area contributed by atoms with E-state index in [0.717, 1.165) is 5.56 Å². The monoisotopic (exact) mass is 333 g/mol. The highest BCUT2D eigenvalue weighted by Crippen LogP contribution is 2.25. The number of rotatable bonds is 8. The molecule has 0 aliphatic rings. The molecule has 0 aliphatic heterocycles. The third-order valence-electron chi connectivity index (χ3n) is 3.44. The Morgan fingerprint density at radius 1 is 1.17 bits per heavy atom. The number of methoxy groups -OCH3 is 2. The molecule has 0 spiro atoms. The predicted molar refractivity (Wildman–Crippen MR) is 85.4 cm³/mol. The number of hydrogen-bond donors (Lipinski definition) is 2. The number of benzene rings is 1. The van der Waals surface area contributed by atoms with Crippen LogP contribution in [0.2, 0.25) is 0 Å². The van der Waals surface area contributed by atoms with E-state index in [1.807, 2.05) is 6.07 Å². The van der Waals surface area contributed by atoms with Crippen LogP contribution in [0.25, 0.3) is 0 Å². The molecular formula is C17H19NO6. The van der Waals surface area contributed by atoms with Gasteiger partial charge in [0.15, 0.2) is 0 Å². The summed E-state index contributed by atoms with van der Waals surface area (Å²) in [6, 6.07) is 8.29. The Hall–Kier alpha value is -2.96. The Kier molecular flexibility index (Phi) is 5.83. The average molecular weight is 333 g/mol. The maximum absolute atomic E-state index is 11.9. The third-order valence-corrected chi connectivity index (χ3v) is 3.44. The van der Waals surface area contributed by atoms with Crippen LogP contribution < -0.4 is 14.8 Å². The molecular weight excluding hydrogens is 314 g/mol. The van der Waals surface area contributed by atoms with E-state index in [-0.39, 0.29) is 24.6 Å². The number of furan rings is 1. The van der Waals surface area contributed by atoms with E-state index in [1.165, 1.54) is 12.1 Å². The van der Waals surface area contributed by atoms with Gasteiger partial charge in [-0.25, -0.2) is 4.79 Å². The molecule has 1 aromatic carbocycles. The largest absolute Gasteiger partial charge is 0.497 e. The van der Waals surface area contributed by atoms with E-state index < -0.39 is 5.97 Å². The lowest BCUT2D eigenvalue weighted by molar-refractivity contribution is -0.121. The summed E-state index contributed by atoms with van der Waals surface area (Å²) >= 11 is 0. The number of aryl methyl sites for hydroxylation is 1. The second-order valence-corrected chi connectivity index (χ2v) is 5.03. The summed E-state index contributed by atoms with van der Waals surface area (Å²) in [5.41, 5.74) is 0.873. The van der Waals surface area contributed by atoms with E-state index in [2.05, 4.69) is 5.32 Å². The van der Waals surface area contributed by atoms with Crippen molar-refractivity contribution in [1.29, 1.82) is 0 Å². The maximum atomic E-state index is 11.9. The molecule has 0 radical (unpaired) electrons. The first kappa shape index (κ1) is 17.4. The van der Waals surface area contributed by atoms with Crippen molar-refractivity contribution < 1.29 is 28.6 Å².